The lowest BCUT2D eigenvalue weighted by Gasteiger charge is -2.34. The van der Waals surface area contributed by atoms with Gasteiger partial charge in [0.15, 0.2) is 10.3 Å². The molecule has 3 aromatic carbocycles. The van der Waals surface area contributed by atoms with E-state index in [1.807, 2.05) is 54.7 Å². The first kappa shape index (κ1) is 41.4. The molecule has 8 rings (SSSR count). The highest BCUT2D eigenvalue weighted by molar-refractivity contribution is 7.93. The Kier molecular flexibility index (Phi) is 13.2. The van der Waals surface area contributed by atoms with Gasteiger partial charge >= 0.3 is 0 Å². The number of anilines is 4. The number of amides is 1. The maximum atomic E-state index is 12.6. The Bertz CT molecular complexity index is 2480. The molecule has 0 radical (unpaired) electrons. The van der Waals surface area contributed by atoms with Crippen LogP contribution in [-0.2, 0) is 31.4 Å². The number of rotatable bonds is 12. The van der Waals surface area contributed by atoms with Crippen molar-refractivity contribution in [3.63, 3.8) is 0 Å². The lowest BCUT2D eigenvalue weighted by atomic mass is 10.0. The van der Waals surface area contributed by atoms with Crippen molar-refractivity contribution >= 4 is 92.8 Å². The number of aromatic nitrogens is 3. The molecular formula is C39H44ClN9O5S4. The molecule has 2 aliphatic rings. The number of nitrogens with one attached hydrogen (secondary N) is 3. The molecule has 2 fully saturated rings. The highest BCUT2D eigenvalue weighted by Gasteiger charge is 2.23. The van der Waals surface area contributed by atoms with Gasteiger partial charge in [0, 0.05) is 108 Å². The van der Waals surface area contributed by atoms with Crippen molar-refractivity contribution < 1.29 is 21.6 Å². The van der Waals surface area contributed by atoms with Gasteiger partial charge in [-0.3, -0.25) is 14.2 Å². The van der Waals surface area contributed by atoms with Crippen LogP contribution in [0.15, 0.2) is 112 Å². The van der Waals surface area contributed by atoms with E-state index in [1.165, 1.54) is 22.7 Å². The first-order valence-electron chi connectivity index (χ1n) is 18.8. The lowest BCUT2D eigenvalue weighted by molar-refractivity contribution is -0.122. The lowest BCUT2D eigenvalue weighted by Crippen LogP contribution is -2.44. The predicted octanol–water partition coefficient (Wildman–Crippen LogP) is 6.60. The molecule has 2 aliphatic heterocycles. The number of halogens is 1. The van der Waals surface area contributed by atoms with Gasteiger partial charge in [-0.15, -0.1) is 22.7 Å². The van der Waals surface area contributed by atoms with Crippen LogP contribution in [0.2, 0.25) is 5.02 Å². The zero-order valence-corrected chi connectivity index (χ0v) is 35.4. The van der Waals surface area contributed by atoms with Gasteiger partial charge in [0.1, 0.15) is 0 Å². The summed E-state index contributed by atoms with van der Waals surface area (Å²) < 4.78 is 56.6. The van der Waals surface area contributed by atoms with E-state index in [0.717, 1.165) is 74.1 Å². The largest absolute Gasteiger partial charge is 0.371 e. The van der Waals surface area contributed by atoms with Crippen molar-refractivity contribution in [2.75, 3.05) is 45.4 Å². The van der Waals surface area contributed by atoms with Crippen molar-refractivity contribution in [3.8, 4) is 0 Å². The third-order valence-corrected chi connectivity index (χ3v) is 14.6. The van der Waals surface area contributed by atoms with E-state index in [4.69, 9.17) is 17.3 Å². The van der Waals surface area contributed by atoms with Crippen LogP contribution in [0.1, 0.15) is 32.1 Å². The van der Waals surface area contributed by atoms with Gasteiger partial charge in [-0.2, -0.15) is 0 Å². The first-order chi connectivity index (χ1) is 27.9. The van der Waals surface area contributed by atoms with Crippen molar-refractivity contribution in [1.29, 1.82) is 0 Å². The minimum Gasteiger partial charge on any atom is -0.371 e. The Morgan fingerprint density at radius 1 is 0.741 bits per heavy atom. The molecule has 0 spiro atoms. The predicted molar refractivity (Wildman–Crippen MR) is 233 cm³/mol. The van der Waals surface area contributed by atoms with E-state index < -0.39 is 20.0 Å². The molecule has 0 bridgehead atoms. The standard InChI is InChI=1S/C25H26ClN5O3S2.C14H18N4O2S2/c26-19-1-6-23-18(17-19)7-12-31(23)15-10-24(32)28-20-8-13-30(14-9-20)21-2-4-22(5-3-21)36(33,34)29-25-27-11-16-35-25;15-11-5-8-18(9-6-11)12-1-3-13(4-2-12)22(19,20)17-14-16-7-10-21-14/h1-7,11-12,16-17,20H,8-10,13-15H2,(H,27,29)(H,28,32);1-4,7,10-11H,5-6,8-9,15H2,(H,16,17). The number of hydrogen-bond donors (Lipinski definition) is 4. The van der Waals surface area contributed by atoms with Crippen molar-refractivity contribution in [2.24, 2.45) is 5.73 Å². The fourth-order valence-corrected chi connectivity index (χ4v) is 10.7. The quantitative estimate of drug-likeness (QED) is 0.105. The van der Waals surface area contributed by atoms with Gasteiger partial charge < -0.3 is 25.4 Å². The number of piperidine rings is 2. The summed E-state index contributed by atoms with van der Waals surface area (Å²) in [6.07, 6.45) is 9.11. The van der Waals surface area contributed by atoms with E-state index in [-0.39, 0.29) is 27.8 Å². The Morgan fingerprint density at radius 3 is 1.76 bits per heavy atom. The van der Waals surface area contributed by atoms with E-state index in [9.17, 15) is 21.6 Å². The summed E-state index contributed by atoms with van der Waals surface area (Å²) in [5, 5.41) is 9.09. The SMILES string of the molecule is NC1CCN(c2ccc(S(=O)(=O)Nc3nccs3)cc2)CC1.O=C(CCn1ccc2cc(Cl)ccc21)NC1CCN(c2ccc(S(=O)(=O)Nc3nccs3)cc2)CC1. The zero-order valence-electron chi connectivity index (χ0n) is 31.4. The monoisotopic (exact) mass is 881 g/mol. The van der Waals surface area contributed by atoms with E-state index in [0.29, 0.717) is 28.3 Å². The molecule has 5 N–H and O–H groups in total. The van der Waals surface area contributed by atoms with Gasteiger partial charge in [0.25, 0.3) is 20.0 Å². The second kappa shape index (κ2) is 18.5. The molecule has 0 atom stereocenters. The number of sulfonamides is 2. The van der Waals surface area contributed by atoms with Crippen molar-refractivity contribution in [2.45, 2.75) is 60.5 Å². The van der Waals surface area contributed by atoms with Crippen LogP contribution in [0.4, 0.5) is 21.6 Å². The fourth-order valence-electron chi connectivity index (χ4n) is 6.90. The Hall–Kier alpha value is -4.72. The van der Waals surface area contributed by atoms with Gasteiger partial charge in [-0.25, -0.2) is 26.8 Å². The number of carbonyl (C=O) groups excluding carboxylic acids is 1. The van der Waals surface area contributed by atoms with Crippen LogP contribution in [0.5, 0.6) is 0 Å². The minimum atomic E-state index is -3.66. The summed E-state index contributed by atoms with van der Waals surface area (Å²) in [6.45, 7) is 4.01. The van der Waals surface area contributed by atoms with Gasteiger partial charge in [-0.1, -0.05) is 11.6 Å². The number of benzene rings is 3. The minimum absolute atomic E-state index is 0.0477. The van der Waals surface area contributed by atoms with Gasteiger partial charge in [0.05, 0.1) is 9.79 Å². The second-order valence-electron chi connectivity index (χ2n) is 14.0. The molecule has 0 unspecified atom stereocenters. The molecule has 0 aliphatic carbocycles. The van der Waals surface area contributed by atoms with Crippen LogP contribution < -0.4 is 30.3 Å². The van der Waals surface area contributed by atoms with Gasteiger partial charge in [0.2, 0.25) is 5.91 Å². The maximum Gasteiger partial charge on any atom is 0.263 e. The fraction of sp³-hybridized carbons (Fsp3) is 0.308. The Labute approximate surface area is 351 Å². The van der Waals surface area contributed by atoms with Crippen molar-refractivity contribution in [1.82, 2.24) is 19.9 Å². The number of thiazole rings is 2. The molecule has 2 saturated heterocycles. The normalized spacial score (nSPS) is 15.5. The third kappa shape index (κ3) is 10.7. The Morgan fingerprint density at radius 2 is 1.26 bits per heavy atom. The summed E-state index contributed by atoms with van der Waals surface area (Å²) in [7, 11) is -7.24. The van der Waals surface area contributed by atoms with Gasteiger partial charge in [-0.05, 0) is 98.5 Å². The average molecular weight is 883 g/mol. The summed E-state index contributed by atoms with van der Waals surface area (Å²) in [5.41, 5.74) is 8.96. The molecule has 6 aromatic rings. The van der Waals surface area contributed by atoms with Crippen LogP contribution in [0.3, 0.4) is 0 Å². The zero-order chi connectivity index (χ0) is 40.7. The third-order valence-electron chi connectivity index (χ3n) is 10.0. The molecule has 14 nitrogen and oxygen atoms in total. The summed E-state index contributed by atoms with van der Waals surface area (Å²) in [6, 6.07) is 22.0. The molecule has 306 valence electrons. The highest BCUT2D eigenvalue weighted by Crippen LogP contribution is 2.26. The molecule has 58 heavy (non-hydrogen) atoms. The summed E-state index contributed by atoms with van der Waals surface area (Å²) in [5.74, 6) is 0.0477. The second-order valence-corrected chi connectivity index (χ2v) is 19.6. The van der Waals surface area contributed by atoms with Crippen molar-refractivity contribution in [3.05, 3.63) is 107 Å². The van der Waals surface area contributed by atoms with E-state index in [1.54, 1.807) is 47.4 Å². The Balaban J connectivity index is 0.000000199. The van der Waals surface area contributed by atoms with Crippen LogP contribution in [0, 0.1) is 0 Å². The number of aryl methyl sites for hydroxylation is 1. The van der Waals surface area contributed by atoms with Crippen LogP contribution >= 0.6 is 34.3 Å². The number of carbonyl (C=O) groups is 1. The molecular weight excluding hydrogens is 838 g/mol. The maximum absolute atomic E-state index is 12.6. The summed E-state index contributed by atoms with van der Waals surface area (Å²) in [4.78, 5) is 25.3. The van der Waals surface area contributed by atoms with E-state index in [2.05, 4.69) is 39.1 Å². The summed E-state index contributed by atoms with van der Waals surface area (Å²) >= 11 is 8.54. The van der Waals surface area contributed by atoms with Crippen LogP contribution in [0.25, 0.3) is 10.9 Å². The number of hydrogen-bond acceptors (Lipinski definition) is 12. The average Bonchev–Trinajstić information content (AvgIpc) is 4.01. The molecule has 0 saturated carbocycles. The van der Waals surface area contributed by atoms with E-state index >= 15 is 0 Å². The topological polar surface area (TPSA) is 185 Å². The number of nitrogens with zero attached hydrogens (tertiary/aromatic N) is 5. The molecule has 3 aromatic heterocycles. The number of nitrogens with two attached hydrogens (primary N) is 1. The van der Waals surface area contributed by atoms with Crippen LogP contribution in [-0.4, -0.2) is 75.5 Å². The number of fused-ring (bicyclic) bond motifs is 1. The molecule has 19 heteroatoms. The highest BCUT2D eigenvalue weighted by atomic mass is 35.5. The molecule has 5 heterocycles. The smallest absolute Gasteiger partial charge is 0.263 e. The first-order valence-corrected chi connectivity index (χ1v) is 23.9. The molecule has 1 amide bonds.